The zero-order chi connectivity index (χ0) is 21.4. The number of fused-ring (bicyclic) bond motifs is 3. The summed E-state index contributed by atoms with van der Waals surface area (Å²) in [5.41, 5.74) is 5.63. The van der Waals surface area contributed by atoms with Crippen LogP contribution in [0.4, 0.5) is 0 Å². The molecule has 0 bridgehead atoms. The number of hydrogen-bond acceptors (Lipinski definition) is 6. The van der Waals surface area contributed by atoms with Gasteiger partial charge in [0.2, 0.25) is 0 Å². The van der Waals surface area contributed by atoms with Gasteiger partial charge in [-0.1, -0.05) is 41.6 Å². The summed E-state index contributed by atoms with van der Waals surface area (Å²) in [5, 5.41) is 9.46. The topological polar surface area (TPSA) is 82.5 Å². The van der Waals surface area contributed by atoms with Crippen LogP contribution in [0.1, 0.15) is 28.3 Å². The summed E-state index contributed by atoms with van der Waals surface area (Å²) in [6.07, 6.45) is 3.34. The Morgan fingerprint density at radius 3 is 2.61 bits per heavy atom. The van der Waals surface area contributed by atoms with E-state index in [4.69, 9.17) is 9.82 Å². The first kappa shape index (κ1) is 18.9. The van der Waals surface area contributed by atoms with E-state index in [-0.39, 0.29) is 6.61 Å². The number of aromatic nitrogens is 6. The van der Waals surface area contributed by atoms with Gasteiger partial charge in [0.25, 0.3) is 0 Å². The smallest absolute Gasteiger partial charge is 0.192 e. The summed E-state index contributed by atoms with van der Waals surface area (Å²) in [7, 11) is 0. The fourth-order valence-corrected chi connectivity index (χ4v) is 3.63. The summed E-state index contributed by atoms with van der Waals surface area (Å²) >= 11 is 0. The summed E-state index contributed by atoms with van der Waals surface area (Å²) in [6, 6.07) is 15.7. The second kappa shape index (κ2) is 7.64. The molecule has 0 atom stereocenters. The normalized spacial score (nSPS) is 11.7. The predicted molar refractivity (Wildman–Crippen MR) is 118 cm³/mol. The molecule has 4 heterocycles. The average Bonchev–Trinajstić information content (AvgIpc) is 3.30. The molecule has 0 aliphatic carbocycles. The maximum absolute atomic E-state index is 5.40. The van der Waals surface area contributed by atoms with Gasteiger partial charge in [-0.25, -0.2) is 19.5 Å². The minimum atomic E-state index is 0.171. The Bertz CT molecular complexity index is 1420. The lowest BCUT2D eigenvalue weighted by molar-refractivity contribution is 0.126. The quantitative estimate of drug-likeness (QED) is 0.323. The van der Waals surface area contributed by atoms with Crippen LogP contribution in [0.3, 0.4) is 0 Å². The van der Waals surface area contributed by atoms with Gasteiger partial charge in [0.15, 0.2) is 23.7 Å². The standard InChI is InChI=1S/C23H21N7O/c1-15-8-7-11-20(26-15)30-17(3)16(2)21-22(30)24-14-29-23(21)27-19(28-29)13-31-25-12-18-9-5-4-6-10-18/h4-12,14H,13H2,1-3H3/b25-12+. The minimum Gasteiger partial charge on any atom is -0.387 e. The van der Waals surface area contributed by atoms with Gasteiger partial charge in [0, 0.05) is 11.4 Å². The van der Waals surface area contributed by atoms with Crippen molar-refractivity contribution in [2.45, 2.75) is 27.4 Å². The van der Waals surface area contributed by atoms with Crippen molar-refractivity contribution in [2.24, 2.45) is 5.16 Å². The number of aryl methyl sites for hydroxylation is 2. The molecule has 31 heavy (non-hydrogen) atoms. The summed E-state index contributed by atoms with van der Waals surface area (Å²) in [6.45, 7) is 6.29. The molecule has 0 saturated carbocycles. The van der Waals surface area contributed by atoms with E-state index < -0.39 is 0 Å². The number of hydrogen-bond donors (Lipinski definition) is 0. The number of oxime groups is 1. The molecule has 4 aromatic heterocycles. The van der Waals surface area contributed by atoms with E-state index in [1.54, 1.807) is 17.1 Å². The first-order valence-electron chi connectivity index (χ1n) is 9.98. The molecule has 0 unspecified atom stereocenters. The van der Waals surface area contributed by atoms with E-state index in [1.165, 1.54) is 0 Å². The first-order chi connectivity index (χ1) is 15.1. The van der Waals surface area contributed by atoms with Crippen molar-refractivity contribution in [1.29, 1.82) is 0 Å². The molecule has 0 amide bonds. The summed E-state index contributed by atoms with van der Waals surface area (Å²) in [4.78, 5) is 19.4. The summed E-state index contributed by atoms with van der Waals surface area (Å²) < 4.78 is 3.75. The Labute approximate surface area is 178 Å². The second-order valence-corrected chi connectivity index (χ2v) is 7.34. The minimum absolute atomic E-state index is 0.171. The van der Waals surface area contributed by atoms with Crippen LogP contribution in [0.5, 0.6) is 0 Å². The fraction of sp³-hybridized carbons (Fsp3) is 0.174. The Hall–Kier alpha value is -4.07. The Morgan fingerprint density at radius 1 is 0.968 bits per heavy atom. The van der Waals surface area contributed by atoms with Crippen LogP contribution < -0.4 is 0 Å². The van der Waals surface area contributed by atoms with Gasteiger partial charge >= 0.3 is 0 Å². The van der Waals surface area contributed by atoms with E-state index in [2.05, 4.69) is 38.6 Å². The molecule has 5 rings (SSSR count). The van der Waals surface area contributed by atoms with Crippen LogP contribution in [0.15, 0.2) is 60.0 Å². The zero-order valence-electron chi connectivity index (χ0n) is 17.5. The van der Waals surface area contributed by atoms with Crippen LogP contribution >= 0.6 is 0 Å². The molecule has 154 valence electrons. The van der Waals surface area contributed by atoms with Crippen LogP contribution in [-0.2, 0) is 11.4 Å². The third-order valence-corrected chi connectivity index (χ3v) is 5.25. The maximum Gasteiger partial charge on any atom is 0.192 e. The van der Waals surface area contributed by atoms with Gasteiger partial charge in [-0.2, -0.15) is 0 Å². The van der Waals surface area contributed by atoms with Crippen LogP contribution in [-0.4, -0.2) is 35.3 Å². The van der Waals surface area contributed by atoms with Crippen molar-refractivity contribution in [3.05, 3.63) is 83.2 Å². The van der Waals surface area contributed by atoms with Gasteiger partial charge in [-0.15, -0.1) is 5.10 Å². The molecule has 0 aliphatic heterocycles. The maximum atomic E-state index is 5.40. The van der Waals surface area contributed by atoms with E-state index >= 15 is 0 Å². The number of nitrogens with zero attached hydrogens (tertiary/aromatic N) is 7. The van der Waals surface area contributed by atoms with Gasteiger partial charge in [-0.3, -0.25) is 4.57 Å². The van der Waals surface area contributed by atoms with Gasteiger partial charge in [-0.05, 0) is 44.0 Å². The van der Waals surface area contributed by atoms with Gasteiger partial charge in [0.1, 0.15) is 12.1 Å². The molecule has 0 aliphatic rings. The molecule has 5 aromatic rings. The van der Waals surface area contributed by atoms with E-state index in [0.29, 0.717) is 5.82 Å². The van der Waals surface area contributed by atoms with Crippen molar-refractivity contribution in [1.82, 2.24) is 29.1 Å². The average molecular weight is 411 g/mol. The van der Waals surface area contributed by atoms with E-state index in [0.717, 1.165) is 45.0 Å². The van der Waals surface area contributed by atoms with Crippen LogP contribution in [0, 0.1) is 20.8 Å². The van der Waals surface area contributed by atoms with E-state index in [1.807, 2.05) is 55.5 Å². The molecule has 0 fully saturated rings. The molecular formula is C23H21N7O. The molecule has 0 spiro atoms. The largest absolute Gasteiger partial charge is 0.387 e. The third-order valence-electron chi connectivity index (χ3n) is 5.25. The van der Waals surface area contributed by atoms with Crippen LogP contribution in [0.25, 0.3) is 22.5 Å². The van der Waals surface area contributed by atoms with Crippen molar-refractivity contribution in [3.8, 4) is 5.82 Å². The fourth-order valence-electron chi connectivity index (χ4n) is 3.63. The van der Waals surface area contributed by atoms with Gasteiger partial charge in [0.05, 0.1) is 11.6 Å². The molecule has 0 N–H and O–H groups in total. The first-order valence-corrected chi connectivity index (χ1v) is 9.98. The highest BCUT2D eigenvalue weighted by Crippen LogP contribution is 2.29. The van der Waals surface area contributed by atoms with Crippen LogP contribution in [0.2, 0.25) is 0 Å². The SMILES string of the molecule is Cc1cccc(-n2c(C)c(C)c3c2ncn2nc(CO/N=C/c4ccccc4)nc32)n1. The molecule has 0 radical (unpaired) electrons. The molecule has 1 aromatic carbocycles. The highest BCUT2D eigenvalue weighted by atomic mass is 16.6. The Morgan fingerprint density at radius 2 is 1.81 bits per heavy atom. The highest BCUT2D eigenvalue weighted by Gasteiger charge is 2.19. The predicted octanol–water partition coefficient (Wildman–Crippen LogP) is 3.94. The van der Waals surface area contributed by atoms with Crippen molar-refractivity contribution in [3.63, 3.8) is 0 Å². The second-order valence-electron chi connectivity index (χ2n) is 7.34. The Balaban J connectivity index is 1.50. The lowest BCUT2D eigenvalue weighted by Crippen LogP contribution is -2.02. The monoisotopic (exact) mass is 411 g/mol. The van der Waals surface area contributed by atoms with E-state index in [9.17, 15) is 0 Å². The molecule has 8 nitrogen and oxygen atoms in total. The highest BCUT2D eigenvalue weighted by molar-refractivity contribution is 5.94. The molecular weight excluding hydrogens is 390 g/mol. The number of benzene rings is 1. The lowest BCUT2D eigenvalue weighted by atomic mass is 10.2. The molecule has 8 heteroatoms. The van der Waals surface area contributed by atoms with Crippen molar-refractivity contribution < 1.29 is 4.84 Å². The third kappa shape index (κ3) is 3.42. The molecule has 0 saturated heterocycles. The van der Waals surface area contributed by atoms with Crippen molar-refractivity contribution >= 4 is 22.9 Å². The van der Waals surface area contributed by atoms with Gasteiger partial charge < -0.3 is 4.84 Å². The lowest BCUT2D eigenvalue weighted by Gasteiger charge is -2.07. The number of rotatable bonds is 5. The zero-order valence-corrected chi connectivity index (χ0v) is 17.5. The summed E-state index contributed by atoms with van der Waals surface area (Å²) in [5.74, 6) is 1.38. The van der Waals surface area contributed by atoms with Crippen molar-refractivity contribution in [2.75, 3.05) is 0 Å². The Kier molecular flexibility index (Phi) is 4.66. The number of pyridine rings is 1.